The highest BCUT2D eigenvalue weighted by Gasteiger charge is 2.36. The number of carbonyl (C=O) groups excluding carboxylic acids is 1. The number of ketones is 1. The van der Waals surface area contributed by atoms with E-state index in [1.807, 2.05) is 30.6 Å². The van der Waals surface area contributed by atoms with Crippen molar-refractivity contribution in [1.29, 1.82) is 0 Å². The first-order chi connectivity index (χ1) is 16.6. The monoisotopic (exact) mass is 488 g/mol. The average Bonchev–Trinajstić information content (AvgIpc) is 3.31. The molecule has 1 saturated heterocycles. The van der Waals surface area contributed by atoms with E-state index in [0.717, 1.165) is 36.7 Å². The number of Topliss-reactive ketones (excluding diaryl/α,β-unsaturated/α-hetero) is 1. The van der Waals surface area contributed by atoms with Crippen LogP contribution in [0.4, 0.5) is 5.82 Å². The molecule has 1 aliphatic rings. The molecule has 1 aliphatic heterocycles. The van der Waals surface area contributed by atoms with Crippen LogP contribution >= 0.6 is 12.4 Å². The smallest absolute Gasteiger partial charge is 0.159 e. The predicted molar refractivity (Wildman–Crippen MR) is 139 cm³/mol. The van der Waals surface area contributed by atoms with E-state index in [4.69, 9.17) is 0 Å². The van der Waals surface area contributed by atoms with E-state index in [2.05, 4.69) is 73.3 Å². The molecule has 2 atom stereocenters. The van der Waals surface area contributed by atoms with Gasteiger partial charge < -0.3 is 4.90 Å². The molecule has 0 bridgehead atoms. The van der Waals surface area contributed by atoms with Crippen molar-refractivity contribution in [3.05, 3.63) is 107 Å². The zero-order valence-corrected chi connectivity index (χ0v) is 20.7. The molecular weight excluding hydrogens is 460 g/mol. The number of carbonyl (C=O) groups is 1. The number of nitrogens with zero attached hydrogens (tertiary/aromatic N) is 5. The second-order valence-corrected chi connectivity index (χ2v) is 8.71. The molecule has 7 nitrogen and oxygen atoms in total. The van der Waals surface area contributed by atoms with Gasteiger partial charge in [-0.3, -0.25) is 19.8 Å². The van der Waals surface area contributed by atoms with Gasteiger partial charge in [-0.05, 0) is 25.0 Å². The number of H-pyrrole nitrogens is 1. The standard InChI is InChI=1S/C27H28N6O.ClH/c1-19-24(16-30-31-19)27(23-6-4-3-5-7-23)33-15-14-32(26-17-28-12-13-29-26)18-25(33)22-10-8-21(9-11-22)20(2)34;/h3-13,16-17,25,27H,14-15,18H2,1-2H3,(H,30,31);1H. The maximum absolute atomic E-state index is 11.9. The predicted octanol–water partition coefficient (Wildman–Crippen LogP) is 4.79. The zero-order chi connectivity index (χ0) is 23.5. The Hall–Kier alpha value is -3.55. The van der Waals surface area contributed by atoms with Gasteiger partial charge in [0, 0.05) is 48.8 Å². The van der Waals surface area contributed by atoms with Crippen molar-refractivity contribution in [2.75, 3.05) is 24.5 Å². The van der Waals surface area contributed by atoms with Gasteiger partial charge in [0.15, 0.2) is 5.78 Å². The van der Waals surface area contributed by atoms with E-state index in [-0.39, 0.29) is 30.3 Å². The second-order valence-electron chi connectivity index (χ2n) is 8.71. The first-order valence-electron chi connectivity index (χ1n) is 11.5. The largest absolute Gasteiger partial charge is 0.352 e. The minimum absolute atomic E-state index is 0. The lowest BCUT2D eigenvalue weighted by Gasteiger charge is -2.46. The number of hydrogen-bond acceptors (Lipinski definition) is 6. The third-order valence-corrected chi connectivity index (χ3v) is 6.61. The summed E-state index contributed by atoms with van der Waals surface area (Å²) >= 11 is 0. The maximum atomic E-state index is 11.9. The molecular formula is C27H29ClN6O. The lowest BCUT2D eigenvalue weighted by atomic mass is 9.92. The molecule has 5 rings (SSSR count). The minimum Gasteiger partial charge on any atom is -0.352 e. The summed E-state index contributed by atoms with van der Waals surface area (Å²) in [4.78, 5) is 25.5. The van der Waals surface area contributed by atoms with Gasteiger partial charge in [-0.2, -0.15) is 5.10 Å². The fourth-order valence-electron chi connectivity index (χ4n) is 4.83. The summed E-state index contributed by atoms with van der Waals surface area (Å²) in [7, 11) is 0. The highest BCUT2D eigenvalue weighted by Crippen LogP contribution is 2.39. The van der Waals surface area contributed by atoms with Crippen molar-refractivity contribution in [3.63, 3.8) is 0 Å². The molecule has 2 aromatic heterocycles. The summed E-state index contributed by atoms with van der Waals surface area (Å²) in [5, 5.41) is 7.46. The van der Waals surface area contributed by atoms with Crippen molar-refractivity contribution in [2.45, 2.75) is 25.9 Å². The first kappa shape index (κ1) is 24.6. The van der Waals surface area contributed by atoms with Crippen molar-refractivity contribution in [2.24, 2.45) is 0 Å². The molecule has 2 unspecified atom stereocenters. The number of aromatic nitrogens is 4. The van der Waals surface area contributed by atoms with Crippen molar-refractivity contribution < 1.29 is 4.79 Å². The Balaban J connectivity index is 0.00000289. The topological polar surface area (TPSA) is 78.0 Å². The SMILES string of the molecule is CC(=O)c1ccc(C2CN(c3cnccn3)CCN2C(c2ccccc2)c2cn[nH]c2C)cc1.Cl. The van der Waals surface area contributed by atoms with Crippen LogP contribution in [0, 0.1) is 6.92 Å². The van der Waals surface area contributed by atoms with Gasteiger partial charge in [0.05, 0.1) is 24.5 Å². The van der Waals surface area contributed by atoms with E-state index in [9.17, 15) is 4.79 Å². The van der Waals surface area contributed by atoms with Crippen LogP contribution in [0.1, 0.15) is 51.7 Å². The Morgan fingerprint density at radius 1 is 1.03 bits per heavy atom. The van der Waals surface area contributed by atoms with Crippen molar-refractivity contribution in [1.82, 2.24) is 25.1 Å². The van der Waals surface area contributed by atoms with Crippen molar-refractivity contribution in [3.8, 4) is 0 Å². The van der Waals surface area contributed by atoms with Crippen LogP contribution in [0.5, 0.6) is 0 Å². The Morgan fingerprint density at radius 2 is 1.80 bits per heavy atom. The molecule has 0 amide bonds. The van der Waals surface area contributed by atoms with Gasteiger partial charge in [0.1, 0.15) is 5.82 Å². The number of benzene rings is 2. The number of nitrogens with one attached hydrogen (secondary N) is 1. The number of aromatic amines is 1. The Bertz CT molecular complexity index is 1250. The van der Waals surface area contributed by atoms with Crippen LogP contribution in [-0.4, -0.2) is 50.5 Å². The lowest BCUT2D eigenvalue weighted by Crippen LogP contribution is -2.50. The fraction of sp³-hybridized carbons (Fsp3) is 0.259. The number of aryl methyl sites for hydroxylation is 1. The van der Waals surface area contributed by atoms with E-state index in [0.29, 0.717) is 0 Å². The highest BCUT2D eigenvalue weighted by molar-refractivity contribution is 5.94. The van der Waals surface area contributed by atoms with Gasteiger partial charge >= 0.3 is 0 Å². The van der Waals surface area contributed by atoms with Gasteiger partial charge in [0.25, 0.3) is 0 Å². The molecule has 8 heteroatoms. The molecule has 0 radical (unpaired) electrons. The molecule has 2 aromatic carbocycles. The van der Waals surface area contributed by atoms with Gasteiger partial charge in [-0.1, -0.05) is 54.6 Å². The summed E-state index contributed by atoms with van der Waals surface area (Å²) in [6.45, 7) is 6.11. The molecule has 4 aromatic rings. The summed E-state index contributed by atoms with van der Waals surface area (Å²) < 4.78 is 0. The second kappa shape index (κ2) is 10.8. The van der Waals surface area contributed by atoms with E-state index >= 15 is 0 Å². The number of piperazine rings is 1. The van der Waals surface area contributed by atoms with E-state index < -0.39 is 0 Å². The normalized spacial score (nSPS) is 17.0. The molecule has 0 spiro atoms. The molecule has 1 N–H and O–H groups in total. The highest BCUT2D eigenvalue weighted by atomic mass is 35.5. The quantitative estimate of drug-likeness (QED) is 0.393. The van der Waals surface area contributed by atoms with Gasteiger partial charge in [-0.25, -0.2) is 4.98 Å². The summed E-state index contributed by atoms with van der Waals surface area (Å²) in [6, 6.07) is 18.7. The molecule has 1 fully saturated rings. The first-order valence-corrected chi connectivity index (χ1v) is 11.5. The third kappa shape index (κ3) is 5.11. The lowest BCUT2D eigenvalue weighted by molar-refractivity contribution is 0.101. The maximum Gasteiger partial charge on any atom is 0.159 e. The summed E-state index contributed by atoms with van der Waals surface area (Å²) in [5.41, 5.74) is 5.36. The van der Waals surface area contributed by atoms with Crippen LogP contribution in [0.15, 0.2) is 79.4 Å². The molecule has 0 aliphatic carbocycles. The third-order valence-electron chi connectivity index (χ3n) is 6.61. The minimum atomic E-state index is 0. The summed E-state index contributed by atoms with van der Waals surface area (Å²) in [5.74, 6) is 0.952. The number of hydrogen-bond donors (Lipinski definition) is 1. The molecule has 0 saturated carbocycles. The average molecular weight is 489 g/mol. The van der Waals surface area contributed by atoms with Crippen LogP contribution in [0.2, 0.25) is 0 Å². The Kier molecular flexibility index (Phi) is 7.58. The van der Waals surface area contributed by atoms with Crippen LogP contribution in [0.25, 0.3) is 0 Å². The number of halogens is 1. The molecule has 180 valence electrons. The van der Waals surface area contributed by atoms with E-state index in [1.165, 1.54) is 16.7 Å². The van der Waals surface area contributed by atoms with Crippen LogP contribution in [0.3, 0.4) is 0 Å². The Labute approximate surface area is 211 Å². The number of anilines is 1. The van der Waals surface area contributed by atoms with E-state index in [1.54, 1.807) is 19.3 Å². The van der Waals surface area contributed by atoms with Crippen LogP contribution < -0.4 is 4.90 Å². The Morgan fingerprint density at radius 3 is 2.43 bits per heavy atom. The van der Waals surface area contributed by atoms with Gasteiger partial charge in [-0.15, -0.1) is 12.4 Å². The molecule has 35 heavy (non-hydrogen) atoms. The van der Waals surface area contributed by atoms with Crippen LogP contribution in [-0.2, 0) is 0 Å². The summed E-state index contributed by atoms with van der Waals surface area (Å²) in [6.07, 6.45) is 7.20. The number of rotatable bonds is 6. The molecule has 3 heterocycles. The van der Waals surface area contributed by atoms with Crippen molar-refractivity contribution >= 4 is 24.0 Å². The zero-order valence-electron chi connectivity index (χ0n) is 19.8. The van der Waals surface area contributed by atoms with Gasteiger partial charge in [0.2, 0.25) is 0 Å². The fourth-order valence-corrected chi connectivity index (χ4v) is 4.83.